The van der Waals surface area contributed by atoms with E-state index in [1.165, 1.54) is 54.3 Å². The first kappa shape index (κ1) is 27.6. The fourth-order valence-corrected chi connectivity index (χ4v) is 5.19. The summed E-state index contributed by atoms with van der Waals surface area (Å²) in [4.78, 5) is 15.5. The van der Waals surface area contributed by atoms with Gasteiger partial charge in [-0.2, -0.15) is 0 Å². The number of ether oxygens (including phenoxy) is 1. The molecule has 0 aliphatic rings. The average molecular weight is 540 g/mol. The number of anilines is 1. The molecule has 3 rings (SSSR count). The Hall–Kier alpha value is -3.97. The highest BCUT2D eigenvalue weighted by molar-refractivity contribution is 7.92. The zero-order valence-corrected chi connectivity index (χ0v) is 20.2. The Morgan fingerprint density at radius 1 is 1.05 bits per heavy atom. The van der Waals surface area contributed by atoms with Gasteiger partial charge in [0.25, 0.3) is 10.0 Å². The van der Waals surface area contributed by atoms with Crippen molar-refractivity contribution in [2.24, 2.45) is 0 Å². The Balaban J connectivity index is 2.10. The van der Waals surface area contributed by atoms with Gasteiger partial charge in [0, 0.05) is 29.6 Å². The van der Waals surface area contributed by atoms with Crippen LogP contribution in [0.1, 0.15) is 25.0 Å². The van der Waals surface area contributed by atoms with E-state index in [9.17, 15) is 26.4 Å². The van der Waals surface area contributed by atoms with Crippen molar-refractivity contribution >= 4 is 27.2 Å². The molecular formula is C24H21F4N3O5S. The number of halogens is 4. The Bertz CT molecular complexity index is 1390. The number of sulfonamides is 1. The third-order valence-corrected chi connectivity index (χ3v) is 6.96. The van der Waals surface area contributed by atoms with Crippen LogP contribution in [0.5, 0.6) is 5.75 Å². The van der Waals surface area contributed by atoms with E-state index in [-0.39, 0.29) is 27.3 Å². The maximum Gasteiger partial charge on any atom is 0.573 e. The van der Waals surface area contributed by atoms with Gasteiger partial charge >= 0.3 is 12.3 Å². The monoisotopic (exact) mass is 539 g/mol. The normalized spacial score (nSPS) is 12.6. The number of aromatic nitrogens is 1. The van der Waals surface area contributed by atoms with Crippen LogP contribution in [0.3, 0.4) is 0 Å². The maximum atomic E-state index is 15.0. The van der Waals surface area contributed by atoms with Crippen molar-refractivity contribution in [1.82, 2.24) is 10.5 Å². The zero-order valence-electron chi connectivity index (χ0n) is 19.4. The number of hydrogen-bond donors (Lipinski definition) is 2. The number of alkyl halides is 3. The number of rotatable bonds is 8. The second-order valence-electron chi connectivity index (χ2n) is 7.84. The van der Waals surface area contributed by atoms with Crippen LogP contribution in [-0.4, -0.2) is 36.9 Å². The molecule has 196 valence electrons. The van der Waals surface area contributed by atoms with Gasteiger partial charge in [-0.05, 0) is 61.9 Å². The fraction of sp³-hybridized carbons (Fsp3) is 0.167. The summed E-state index contributed by atoms with van der Waals surface area (Å²) in [7, 11) is -4.31. The van der Waals surface area contributed by atoms with E-state index in [4.69, 9.17) is 5.21 Å². The largest absolute Gasteiger partial charge is 0.573 e. The van der Waals surface area contributed by atoms with Gasteiger partial charge in [-0.3, -0.25) is 19.3 Å². The van der Waals surface area contributed by atoms with Crippen molar-refractivity contribution in [2.75, 3.05) is 4.31 Å². The van der Waals surface area contributed by atoms with Crippen LogP contribution in [0.25, 0.3) is 5.57 Å². The molecular weight excluding hydrogens is 518 g/mol. The SMILES string of the molecule is CC(C)N(c1cccc(/C(=C(/F)C(=O)NO)c2cccnc2)c1)S(=O)(=O)c1ccc(OC(F)(F)F)cc1. The lowest BCUT2D eigenvalue weighted by Gasteiger charge is -2.29. The smallest absolute Gasteiger partial charge is 0.406 e. The summed E-state index contributed by atoms with van der Waals surface area (Å²) in [6.45, 7) is 3.14. The van der Waals surface area contributed by atoms with Crippen molar-refractivity contribution in [1.29, 1.82) is 0 Å². The summed E-state index contributed by atoms with van der Waals surface area (Å²) in [5.41, 5.74) is 1.34. The van der Waals surface area contributed by atoms with E-state index in [1.807, 2.05) is 0 Å². The summed E-state index contributed by atoms with van der Waals surface area (Å²) in [6.07, 6.45) is -2.22. The quantitative estimate of drug-likeness (QED) is 0.184. The lowest BCUT2D eigenvalue weighted by atomic mass is 9.97. The molecule has 3 aromatic rings. The van der Waals surface area contributed by atoms with E-state index in [0.29, 0.717) is 0 Å². The van der Waals surface area contributed by atoms with Gasteiger partial charge in [0.1, 0.15) is 5.75 Å². The summed E-state index contributed by atoms with van der Waals surface area (Å²) in [5.74, 6) is -3.35. The number of nitrogens with one attached hydrogen (secondary N) is 1. The average Bonchev–Trinajstić information content (AvgIpc) is 2.83. The molecule has 37 heavy (non-hydrogen) atoms. The second-order valence-corrected chi connectivity index (χ2v) is 9.65. The molecule has 0 saturated heterocycles. The van der Waals surface area contributed by atoms with E-state index >= 15 is 4.39 Å². The predicted molar refractivity (Wildman–Crippen MR) is 126 cm³/mol. The van der Waals surface area contributed by atoms with Crippen LogP contribution < -0.4 is 14.5 Å². The molecule has 0 fully saturated rings. The third-order valence-electron chi connectivity index (χ3n) is 4.94. The molecule has 0 aliphatic heterocycles. The molecule has 0 atom stereocenters. The van der Waals surface area contributed by atoms with Crippen molar-refractivity contribution < 1.29 is 40.7 Å². The summed E-state index contributed by atoms with van der Waals surface area (Å²) in [6, 6.07) is 11.6. The number of carbonyl (C=O) groups excluding carboxylic acids is 1. The van der Waals surface area contributed by atoms with Crippen molar-refractivity contribution in [2.45, 2.75) is 31.1 Å². The van der Waals surface area contributed by atoms with Crippen molar-refractivity contribution in [3.63, 3.8) is 0 Å². The van der Waals surface area contributed by atoms with Gasteiger partial charge in [0.15, 0.2) is 5.83 Å². The van der Waals surface area contributed by atoms with Gasteiger partial charge in [0.05, 0.1) is 10.6 Å². The summed E-state index contributed by atoms with van der Waals surface area (Å²) < 4.78 is 84.2. The summed E-state index contributed by atoms with van der Waals surface area (Å²) in [5, 5.41) is 8.93. The number of nitrogens with zero attached hydrogens (tertiary/aromatic N) is 2. The van der Waals surface area contributed by atoms with Gasteiger partial charge in [-0.1, -0.05) is 18.2 Å². The first-order valence-corrected chi connectivity index (χ1v) is 12.0. The first-order valence-electron chi connectivity index (χ1n) is 10.6. The van der Waals surface area contributed by atoms with E-state index in [0.717, 1.165) is 28.6 Å². The number of carbonyl (C=O) groups is 1. The Labute approximate surface area is 209 Å². The number of benzene rings is 2. The number of pyridine rings is 1. The van der Waals surface area contributed by atoms with E-state index in [1.54, 1.807) is 13.8 Å². The van der Waals surface area contributed by atoms with Crippen molar-refractivity contribution in [3.8, 4) is 5.75 Å². The molecule has 0 spiro atoms. The lowest BCUT2D eigenvalue weighted by molar-refractivity contribution is -0.274. The minimum Gasteiger partial charge on any atom is -0.406 e. The topological polar surface area (TPSA) is 109 Å². The maximum absolute atomic E-state index is 15.0. The zero-order chi connectivity index (χ0) is 27.4. The van der Waals surface area contributed by atoms with E-state index < -0.39 is 39.9 Å². The predicted octanol–water partition coefficient (Wildman–Crippen LogP) is 4.82. The van der Waals surface area contributed by atoms with Gasteiger partial charge in [0.2, 0.25) is 0 Å². The first-order chi connectivity index (χ1) is 17.3. The van der Waals surface area contributed by atoms with Crippen molar-refractivity contribution in [3.05, 3.63) is 90.0 Å². The molecule has 1 amide bonds. The molecule has 0 unspecified atom stereocenters. The highest BCUT2D eigenvalue weighted by atomic mass is 32.2. The molecule has 1 heterocycles. The highest BCUT2D eigenvalue weighted by Crippen LogP contribution is 2.33. The second kappa shape index (κ2) is 11.0. The van der Waals surface area contributed by atoms with Gasteiger partial charge in [-0.15, -0.1) is 13.2 Å². The molecule has 1 aromatic heterocycles. The van der Waals surface area contributed by atoms with Crippen LogP contribution >= 0.6 is 0 Å². The Morgan fingerprint density at radius 3 is 2.24 bits per heavy atom. The Morgan fingerprint density at radius 2 is 1.70 bits per heavy atom. The third kappa shape index (κ3) is 6.43. The molecule has 2 N–H and O–H groups in total. The molecule has 8 nitrogen and oxygen atoms in total. The number of hydrogen-bond acceptors (Lipinski definition) is 6. The van der Waals surface area contributed by atoms with Gasteiger partial charge in [-0.25, -0.2) is 18.3 Å². The molecule has 0 radical (unpaired) electrons. The standard InChI is InChI=1S/C24H21F4N3O5S/c1-15(2)31(37(34,35)20-10-8-19(9-11-20)36-24(26,27)28)18-7-3-5-16(13-18)21(22(25)23(32)30-33)17-6-4-12-29-14-17/h3-15,33H,1-2H3,(H,30,32)/b22-21-. The van der Waals surface area contributed by atoms with Gasteiger partial charge < -0.3 is 4.74 Å². The van der Waals surface area contributed by atoms with Crippen LogP contribution in [0.2, 0.25) is 0 Å². The number of amides is 1. The molecule has 2 aromatic carbocycles. The lowest BCUT2D eigenvalue weighted by Crippen LogP contribution is -2.37. The molecule has 0 aliphatic carbocycles. The van der Waals surface area contributed by atoms with Crippen LogP contribution in [0.4, 0.5) is 23.2 Å². The molecule has 0 bridgehead atoms. The summed E-state index contributed by atoms with van der Waals surface area (Å²) >= 11 is 0. The highest BCUT2D eigenvalue weighted by Gasteiger charge is 2.32. The molecule has 0 saturated carbocycles. The Kier molecular flexibility index (Phi) is 8.18. The van der Waals surface area contributed by atoms with Crippen LogP contribution in [-0.2, 0) is 14.8 Å². The molecule has 13 heteroatoms. The minimum absolute atomic E-state index is 0.0849. The van der Waals surface area contributed by atoms with E-state index in [2.05, 4.69) is 9.72 Å². The number of hydroxylamine groups is 1. The van der Waals surface area contributed by atoms with Crippen LogP contribution in [0.15, 0.2) is 83.8 Å². The van der Waals surface area contributed by atoms with Crippen LogP contribution in [0, 0.1) is 0 Å². The minimum atomic E-state index is -4.94. The fourth-order valence-electron chi connectivity index (χ4n) is 3.53.